The first kappa shape index (κ1) is 22.7. The molecule has 3 N–H and O–H groups in total. The van der Waals surface area contributed by atoms with Crippen LogP contribution < -0.4 is 5.73 Å². The van der Waals surface area contributed by atoms with E-state index >= 15 is 0 Å². The van der Waals surface area contributed by atoms with Crippen LogP contribution in [0, 0.1) is 5.92 Å². The summed E-state index contributed by atoms with van der Waals surface area (Å²) in [7, 11) is -4.00. The molecule has 28 heavy (non-hydrogen) atoms. The predicted molar refractivity (Wildman–Crippen MR) is 99.0 cm³/mol. The second-order valence-corrected chi connectivity index (χ2v) is 11.1. The molecule has 0 unspecified atom stereocenters. The first-order valence-corrected chi connectivity index (χ1v) is 10.6. The summed E-state index contributed by atoms with van der Waals surface area (Å²) in [6, 6.07) is 3.87. The maximum atomic E-state index is 13.1. The third-order valence-corrected chi connectivity index (χ3v) is 8.10. The molecule has 1 aromatic rings. The normalized spacial score (nSPS) is 17.6. The number of likely N-dealkylation sites (tertiary alicyclic amines) is 1. The van der Waals surface area contributed by atoms with E-state index in [9.17, 15) is 26.4 Å². The van der Waals surface area contributed by atoms with E-state index in [1.165, 1.54) is 6.07 Å². The topological polar surface area (TPSA) is 82.1 Å². The van der Waals surface area contributed by atoms with E-state index in [0.717, 1.165) is 12.1 Å². The lowest BCUT2D eigenvalue weighted by atomic mass is 9.85. The first-order valence-electron chi connectivity index (χ1n) is 9.15. The quantitative estimate of drug-likeness (QED) is 0.811. The summed E-state index contributed by atoms with van der Waals surface area (Å²) in [5.41, 5.74) is 2.10. The molecule has 1 saturated heterocycles. The van der Waals surface area contributed by atoms with Crippen molar-refractivity contribution in [3.8, 4) is 0 Å². The second-order valence-electron chi connectivity index (χ2n) is 8.58. The number of carbonyl (C=O) groups excluding carboxylic acids is 1. The van der Waals surface area contributed by atoms with Crippen LogP contribution in [0.15, 0.2) is 29.2 Å². The van der Waals surface area contributed by atoms with Gasteiger partial charge in [-0.3, -0.25) is 4.79 Å². The van der Waals surface area contributed by atoms with Crippen molar-refractivity contribution < 1.29 is 32.1 Å². The van der Waals surface area contributed by atoms with Crippen molar-refractivity contribution in [3.63, 3.8) is 0 Å². The van der Waals surface area contributed by atoms with E-state index in [0.29, 0.717) is 32.0 Å². The molecular weight excluding hydrogens is 393 g/mol. The summed E-state index contributed by atoms with van der Waals surface area (Å²) in [6.45, 7) is 7.37. The Labute approximate surface area is 164 Å². The first-order chi connectivity index (χ1) is 12.6. The van der Waals surface area contributed by atoms with Crippen LogP contribution >= 0.6 is 0 Å². The van der Waals surface area contributed by atoms with Crippen molar-refractivity contribution in [3.05, 3.63) is 29.8 Å². The van der Waals surface area contributed by atoms with E-state index in [1.54, 1.807) is 32.6 Å². The van der Waals surface area contributed by atoms with E-state index < -0.39 is 31.9 Å². The monoisotopic (exact) mass is 421 g/mol. The van der Waals surface area contributed by atoms with Crippen LogP contribution in [0.25, 0.3) is 0 Å². The van der Waals surface area contributed by atoms with Gasteiger partial charge in [-0.1, -0.05) is 6.07 Å². The van der Waals surface area contributed by atoms with Crippen molar-refractivity contribution in [2.75, 3.05) is 13.1 Å². The van der Waals surface area contributed by atoms with Crippen LogP contribution in [-0.4, -0.2) is 42.6 Å². The van der Waals surface area contributed by atoms with Gasteiger partial charge in [0.25, 0.3) is 5.91 Å². The molecule has 1 fully saturated rings. The van der Waals surface area contributed by atoms with Gasteiger partial charge in [0.15, 0.2) is 15.4 Å². The fraction of sp³-hybridized carbons (Fsp3) is 0.632. The number of alkyl halides is 3. The summed E-state index contributed by atoms with van der Waals surface area (Å²) in [6.07, 6.45) is -3.68. The number of halogens is 3. The molecule has 5 nitrogen and oxygen atoms in total. The van der Waals surface area contributed by atoms with Gasteiger partial charge >= 0.3 is 6.18 Å². The van der Waals surface area contributed by atoms with Crippen molar-refractivity contribution in [1.82, 2.24) is 4.90 Å². The maximum Gasteiger partial charge on any atom is 0.416 e. The Morgan fingerprint density at radius 3 is 2.11 bits per heavy atom. The van der Waals surface area contributed by atoms with Crippen LogP contribution in [-0.2, 0) is 20.8 Å². The zero-order valence-electron chi connectivity index (χ0n) is 16.6. The average Bonchev–Trinajstić information content (AvgIpc) is 2.59. The molecule has 158 valence electrons. The number of benzene rings is 1. The number of quaternary nitrogens is 1. The lowest BCUT2D eigenvalue weighted by Gasteiger charge is -2.41. The minimum absolute atomic E-state index is 0.0931. The average molecular weight is 422 g/mol. The maximum absolute atomic E-state index is 13.1. The van der Waals surface area contributed by atoms with Crippen LogP contribution in [0.1, 0.15) is 46.1 Å². The number of hydrogen-bond acceptors (Lipinski definition) is 3. The lowest BCUT2D eigenvalue weighted by molar-refractivity contribution is -0.448. The largest absolute Gasteiger partial charge is 0.416 e. The zero-order chi connectivity index (χ0) is 21.5. The summed E-state index contributed by atoms with van der Waals surface area (Å²) in [5.74, 6) is -0.367. The molecule has 0 spiro atoms. The second kappa shape index (κ2) is 7.33. The van der Waals surface area contributed by atoms with Crippen molar-refractivity contribution in [2.24, 2.45) is 5.92 Å². The van der Waals surface area contributed by atoms with E-state index in [-0.39, 0.29) is 16.7 Å². The highest BCUT2D eigenvalue weighted by atomic mass is 32.2. The Kier molecular flexibility index (Phi) is 5.94. The molecule has 0 radical (unpaired) electrons. The van der Waals surface area contributed by atoms with E-state index in [4.69, 9.17) is 0 Å². The van der Waals surface area contributed by atoms with Crippen LogP contribution in [0.4, 0.5) is 13.2 Å². The van der Waals surface area contributed by atoms with Gasteiger partial charge in [-0.2, -0.15) is 13.2 Å². The summed E-state index contributed by atoms with van der Waals surface area (Å²) in [4.78, 5) is 13.7. The van der Waals surface area contributed by atoms with E-state index in [1.807, 2.05) is 0 Å². The third kappa shape index (κ3) is 4.35. The Morgan fingerprint density at radius 1 is 1.11 bits per heavy atom. The number of amides is 1. The van der Waals surface area contributed by atoms with Crippen molar-refractivity contribution >= 4 is 15.7 Å². The Hall–Kier alpha value is -1.61. The molecule has 0 aromatic heterocycles. The molecule has 1 aromatic carbocycles. The van der Waals surface area contributed by atoms with Gasteiger partial charge in [0.05, 0.1) is 15.2 Å². The molecule has 0 aliphatic carbocycles. The van der Waals surface area contributed by atoms with Crippen molar-refractivity contribution in [2.45, 2.75) is 61.9 Å². The number of hydrogen-bond donors (Lipinski definition) is 1. The predicted octanol–water partition coefficient (Wildman–Crippen LogP) is 2.52. The number of sulfone groups is 1. The molecular formula is C19H28F3N2O3S+. The van der Waals surface area contributed by atoms with Gasteiger partial charge in [0.1, 0.15) is 0 Å². The van der Waals surface area contributed by atoms with Gasteiger partial charge in [0, 0.05) is 13.1 Å². The van der Waals surface area contributed by atoms with Gasteiger partial charge in [-0.15, -0.1) is 0 Å². The molecule has 1 aliphatic rings. The van der Waals surface area contributed by atoms with Crippen LogP contribution in [0.2, 0.25) is 0 Å². The van der Waals surface area contributed by atoms with Gasteiger partial charge in [-0.25, -0.2) is 8.42 Å². The molecule has 0 saturated carbocycles. The van der Waals surface area contributed by atoms with Gasteiger partial charge in [-0.05, 0) is 64.7 Å². The Balaban J connectivity index is 2.24. The minimum atomic E-state index is -4.61. The number of carbonyl (C=O) groups is 1. The smallest absolute Gasteiger partial charge is 0.345 e. The molecule has 0 bridgehead atoms. The van der Waals surface area contributed by atoms with E-state index in [2.05, 4.69) is 5.73 Å². The zero-order valence-corrected chi connectivity index (χ0v) is 17.5. The SMILES string of the molecule is CC(C)([NH3+])C(=O)N1CCC(C(C)(C)S(=O)(=O)c2cccc(C(F)(F)F)c2)CC1. The lowest BCUT2D eigenvalue weighted by Crippen LogP contribution is -2.76. The van der Waals surface area contributed by atoms with Gasteiger partial charge in [0.2, 0.25) is 0 Å². The molecule has 1 amide bonds. The van der Waals surface area contributed by atoms with Crippen LogP contribution in [0.3, 0.4) is 0 Å². The number of rotatable bonds is 4. The van der Waals surface area contributed by atoms with Crippen molar-refractivity contribution in [1.29, 1.82) is 0 Å². The molecule has 9 heteroatoms. The highest BCUT2D eigenvalue weighted by Crippen LogP contribution is 2.39. The summed E-state index contributed by atoms with van der Waals surface area (Å²) in [5, 5.41) is 0. The standard InChI is InChI=1S/C19H27F3N2O3S/c1-17(2,23)16(25)24-10-8-13(9-11-24)18(3,4)28(26,27)15-7-5-6-14(12-15)19(20,21)22/h5-7,12-13H,8-11,23H2,1-4H3/p+1. The summed E-state index contributed by atoms with van der Waals surface area (Å²) >= 11 is 0. The minimum Gasteiger partial charge on any atom is -0.345 e. The fourth-order valence-electron chi connectivity index (χ4n) is 3.57. The molecule has 1 aliphatic heterocycles. The number of nitrogens with zero attached hydrogens (tertiary/aromatic N) is 1. The molecule has 0 atom stereocenters. The number of piperidine rings is 1. The fourth-order valence-corrected chi connectivity index (χ4v) is 5.39. The third-order valence-electron chi connectivity index (χ3n) is 5.51. The Morgan fingerprint density at radius 2 is 1.64 bits per heavy atom. The van der Waals surface area contributed by atoms with Crippen LogP contribution in [0.5, 0.6) is 0 Å². The Bertz CT molecular complexity index is 835. The molecule has 2 rings (SSSR count). The highest BCUT2D eigenvalue weighted by molar-refractivity contribution is 7.92. The van der Waals surface area contributed by atoms with Gasteiger partial charge < -0.3 is 10.6 Å². The molecule has 1 heterocycles. The summed E-state index contributed by atoms with van der Waals surface area (Å²) < 4.78 is 64.0. The highest BCUT2D eigenvalue weighted by Gasteiger charge is 2.45.